The lowest BCUT2D eigenvalue weighted by atomic mass is 10.1. The summed E-state index contributed by atoms with van der Waals surface area (Å²) in [4.78, 5) is 30.7. The standard InChI is InChI=1S/C22H22N4O3S/c1-15(16-8-3-2-4-9-16)24-22(28)17-10-5-6-11-18(17)25-20(27)14-29-26-21(23)19-12-7-13-30-19/h2-13,15H,14H2,1H3,(H2,23,26)(H,24,28)(H,25,27). The summed E-state index contributed by atoms with van der Waals surface area (Å²) in [6, 6.07) is 19.9. The van der Waals surface area contributed by atoms with Crippen molar-refractivity contribution in [3.8, 4) is 0 Å². The predicted molar refractivity (Wildman–Crippen MR) is 118 cm³/mol. The Morgan fingerprint density at radius 1 is 1.07 bits per heavy atom. The van der Waals surface area contributed by atoms with Gasteiger partial charge in [-0.25, -0.2) is 0 Å². The molecule has 0 aliphatic carbocycles. The summed E-state index contributed by atoms with van der Waals surface area (Å²) in [7, 11) is 0. The largest absolute Gasteiger partial charge is 0.384 e. The van der Waals surface area contributed by atoms with Crippen molar-refractivity contribution in [2.24, 2.45) is 10.9 Å². The van der Waals surface area contributed by atoms with Crippen LogP contribution in [0.4, 0.5) is 5.69 Å². The van der Waals surface area contributed by atoms with Crippen LogP contribution in [0.15, 0.2) is 77.3 Å². The van der Waals surface area contributed by atoms with Gasteiger partial charge in [-0.3, -0.25) is 9.59 Å². The van der Waals surface area contributed by atoms with E-state index >= 15 is 0 Å². The predicted octanol–water partition coefficient (Wildman–Crippen LogP) is 3.51. The van der Waals surface area contributed by atoms with Gasteiger partial charge < -0.3 is 21.2 Å². The molecule has 0 bridgehead atoms. The number of nitrogens with one attached hydrogen (secondary N) is 2. The summed E-state index contributed by atoms with van der Waals surface area (Å²) < 4.78 is 0. The van der Waals surface area contributed by atoms with E-state index in [-0.39, 0.29) is 24.4 Å². The van der Waals surface area contributed by atoms with Crippen molar-refractivity contribution >= 4 is 34.7 Å². The number of para-hydroxylation sites is 1. The number of amidine groups is 1. The van der Waals surface area contributed by atoms with Crippen LogP contribution in [0.3, 0.4) is 0 Å². The minimum absolute atomic E-state index is 0.180. The maximum Gasteiger partial charge on any atom is 0.265 e. The number of anilines is 1. The molecule has 7 nitrogen and oxygen atoms in total. The average molecular weight is 423 g/mol. The van der Waals surface area contributed by atoms with Crippen molar-refractivity contribution in [2.45, 2.75) is 13.0 Å². The van der Waals surface area contributed by atoms with Gasteiger partial charge in [0.1, 0.15) is 0 Å². The summed E-state index contributed by atoms with van der Waals surface area (Å²) in [5, 5.41) is 11.2. The molecule has 30 heavy (non-hydrogen) atoms. The van der Waals surface area contributed by atoms with Crippen LogP contribution in [0, 0.1) is 0 Å². The maximum atomic E-state index is 12.7. The Morgan fingerprint density at radius 2 is 1.80 bits per heavy atom. The van der Waals surface area contributed by atoms with Gasteiger partial charge in [-0.2, -0.15) is 0 Å². The van der Waals surface area contributed by atoms with Gasteiger partial charge >= 0.3 is 0 Å². The SMILES string of the molecule is CC(NC(=O)c1ccccc1NC(=O)CO/N=C(/N)c1cccs1)c1ccccc1. The lowest BCUT2D eigenvalue weighted by molar-refractivity contribution is -0.120. The number of carbonyl (C=O) groups excluding carboxylic acids is 2. The van der Waals surface area contributed by atoms with E-state index in [1.54, 1.807) is 30.3 Å². The molecule has 1 aromatic heterocycles. The Kier molecular flexibility index (Phi) is 7.18. The molecule has 154 valence electrons. The first-order chi connectivity index (χ1) is 14.5. The molecule has 0 aliphatic heterocycles. The normalized spacial score (nSPS) is 12.1. The highest BCUT2D eigenvalue weighted by Crippen LogP contribution is 2.18. The molecule has 4 N–H and O–H groups in total. The van der Waals surface area contributed by atoms with Crippen LogP contribution < -0.4 is 16.4 Å². The molecular weight excluding hydrogens is 400 g/mol. The number of nitrogens with zero attached hydrogens (tertiary/aromatic N) is 1. The lowest BCUT2D eigenvalue weighted by Crippen LogP contribution is -2.28. The van der Waals surface area contributed by atoms with Crippen molar-refractivity contribution in [3.05, 3.63) is 88.1 Å². The third-order valence-corrected chi connectivity index (χ3v) is 5.12. The van der Waals surface area contributed by atoms with Crippen molar-refractivity contribution < 1.29 is 14.4 Å². The molecule has 1 unspecified atom stereocenters. The number of carbonyl (C=O) groups is 2. The molecule has 0 fully saturated rings. The molecule has 0 spiro atoms. The highest BCUT2D eigenvalue weighted by molar-refractivity contribution is 7.12. The molecule has 1 heterocycles. The van der Waals surface area contributed by atoms with E-state index in [1.807, 2.05) is 48.7 Å². The molecule has 3 aromatic rings. The fourth-order valence-corrected chi connectivity index (χ4v) is 3.32. The van der Waals surface area contributed by atoms with Gasteiger partial charge in [0.25, 0.3) is 11.8 Å². The monoisotopic (exact) mass is 422 g/mol. The van der Waals surface area contributed by atoms with Crippen molar-refractivity contribution in [1.82, 2.24) is 5.32 Å². The second-order valence-electron chi connectivity index (χ2n) is 6.43. The summed E-state index contributed by atoms with van der Waals surface area (Å²) in [6.07, 6.45) is 0. The van der Waals surface area contributed by atoms with Crippen molar-refractivity contribution in [2.75, 3.05) is 11.9 Å². The van der Waals surface area contributed by atoms with E-state index in [2.05, 4.69) is 15.8 Å². The highest BCUT2D eigenvalue weighted by Gasteiger charge is 2.16. The Balaban J connectivity index is 1.59. The fraction of sp³-hybridized carbons (Fsp3) is 0.136. The third-order valence-electron chi connectivity index (χ3n) is 4.23. The zero-order valence-electron chi connectivity index (χ0n) is 16.4. The summed E-state index contributed by atoms with van der Waals surface area (Å²) in [6.45, 7) is 1.57. The number of benzene rings is 2. The Bertz CT molecular complexity index is 1020. The van der Waals surface area contributed by atoms with Crippen molar-refractivity contribution in [3.63, 3.8) is 0 Å². The molecule has 0 saturated carbocycles. The van der Waals surface area contributed by atoms with Gasteiger partial charge in [-0.1, -0.05) is 53.7 Å². The van der Waals surface area contributed by atoms with Crippen molar-refractivity contribution in [1.29, 1.82) is 0 Å². The maximum absolute atomic E-state index is 12.7. The van der Waals surface area contributed by atoms with Gasteiger partial charge in [0, 0.05) is 0 Å². The zero-order chi connectivity index (χ0) is 21.3. The number of oxime groups is 1. The van der Waals surface area contributed by atoms with Gasteiger partial charge in [0.05, 0.1) is 22.2 Å². The fourth-order valence-electron chi connectivity index (χ4n) is 2.71. The van der Waals surface area contributed by atoms with Crippen LogP contribution in [-0.4, -0.2) is 24.3 Å². The molecule has 0 saturated heterocycles. The molecule has 8 heteroatoms. The molecule has 2 aromatic carbocycles. The minimum Gasteiger partial charge on any atom is -0.384 e. The van der Waals surface area contributed by atoms with Crippen LogP contribution >= 0.6 is 11.3 Å². The number of nitrogens with two attached hydrogens (primary N) is 1. The summed E-state index contributed by atoms with van der Waals surface area (Å²) >= 11 is 1.42. The van der Waals surface area contributed by atoms with E-state index in [0.717, 1.165) is 10.4 Å². The number of rotatable bonds is 8. The highest BCUT2D eigenvalue weighted by atomic mass is 32.1. The van der Waals surface area contributed by atoms with Gasteiger partial charge in [-0.05, 0) is 36.1 Å². The van der Waals surface area contributed by atoms with E-state index in [0.29, 0.717) is 11.3 Å². The number of thiophene rings is 1. The Labute approximate surface area is 178 Å². The molecular formula is C22H22N4O3S. The number of hydrogen-bond donors (Lipinski definition) is 3. The third kappa shape index (κ3) is 5.68. The lowest BCUT2D eigenvalue weighted by Gasteiger charge is -2.16. The van der Waals surface area contributed by atoms with Crippen LogP contribution in [0.25, 0.3) is 0 Å². The Hall–Kier alpha value is -3.65. The number of hydrogen-bond acceptors (Lipinski definition) is 5. The molecule has 2 amide bonds. The first-order valence-electron chi connectivity index (χ1n) is 9.28. The second kappa shape index (κ2) is 10.2. The molecule has 3 rings (SSSR count). The van der Waals surface area contributed by atoms with Crippen LogP contribution in [0.2, 0.25) is 0 Å². The molecule has 0 radical (unpaired) electrons. The second-order valence-corrected chi connectivity index (χ2v) is 7.37. The Morgan fingerprint density at radius 3 is 2.53 bits per heavy atom. The topological polar surface area (TPSA) is 106 Å². The first-order valence-corrected chi connectivity index (χ1v) is 10.2. The van der Waals surface area contributed by atoms with Gasteiger partial charge in [0.15, 0.2) is 12.4 Å². The van der Waals surface area contributed by atoms with Crippen LogP contribution in [-0.2, 0) is 9.63 Å². The summed E-state index contributed by atoms with van der Waals surface area (Å²) in [5.74, 6) is -0.537. The average Bonchev–Trinajstić information content (AvgIpc) is 3.29. The van der Waals surface area contributed by atoms with E-state index in [1.165, 1.54) is 11.3 Å². The number of amides is 2. The smallest absolute Gasteiger partial charge is 0.265 e. The first kappa shape index (κ1) is 21.1. The zero-order valence-corrected chi connectivity index (χ0v) is 17.2. The van der Waals surface area contributed by atoms with E-state index in [9.17, 15) is 9.59 Å². The van der Waals surface area contributed by atoms with E-state index < -0.39 is 5.91 Å². The van der Waals surface area contributed by atoms with Gasteiger partial charge in [-0.15, -0.1) is 11.3 Å². The molecule has 1 atom stereocenters. The quantitative estimate of drug-likeness (QED) is 0.293. The van der Waals surface area contributed by atoms with Crippen LogP contribution in [0.1, 0.15) is 33.8 Å². The summed E-state index contributed by atoms with van der Waals surface area (Å²) in [5.41, 5.74) is 7.52. The minimum atomic E-state index is -0.450. The van der Waals surface area contributed by atoms with E-state index in [4.69, 9.17) is 10.6 Å². The molecule has 0 aliphatic rings. The van der Waals surface area contributed by atoms with Gasteiger partial charge in [0.2, 0.25) is 0 Å². The van der Waals surface area contributed by atoms with Crippen LogP contribution in [0.5, 0.6) is 0 Å².